The minimum atomic E-state index is -4.58. The predicted octanol–water partition coefficient (Wildman–Crippen LogP) is -2.80. The van der Waals surface area contributed by atoms with Gasteiger partial charge in [0.25, 0.3) is 0 Å². The molecule has 8 nitrogen and oxygen atoms in total. The van der Waals surface area contributed by atoms with Crippen LogP contribution in [0.5, 0.6) is 0 Å². The van der Waals surface area contributed by atoms with Crippen LogP contribution in [-0.4, -0.2) is 54.6 Å². The summed E-state index contributed by atoms with van der Waals surface area (Å²) in [4.78, 5) is 0. The molecule has 7 N–H and O–H groups in total. The van der Waals surface area contributed by atoms with E-state index in [2.05, 4.69) is 4.18 Å². The summed E-state index contributed by atoms with van der Waals surface area (Å²) >= 11 is 0. The maximum absolute atomic E-state index is 10.1. The third-order valence-electron chi connectivity index (χ3n) is 1.69. The van der Waals surface area contributed by atoms with E-state index in [1.165, 1.54) is 0 Å². The minimum Gasteiger partial charge on any atom is -0.391 e. The molecule has 0 aliphatic rings. The van der Waals surface area contributed by atoms with Crippen LogP contribution in [0.3, 0.4) is 0 Å². The largest absolute Gasteiger partial charge is 0.397 e. The Hall–Kier alpha value is -0.290. The number of hydrogen-bond acceptors (Lipinski definition) is 7. The second-order valence-electron chi connectivity index (χ2n) is 3.07. The summed E-state index contributed by atoms with van der Waals surface area (Å²) in [6.07, 6.45) is -2.50. The quantitative estimate of drug-likeness (QED) is 0.301. The van der Waals surface area contributed by atoms with E-state index in [0.29, 0.717) is 0 Å². The zero-order valence-electron chi connectivity index (χ0n) is 7.98. The molecular weight excluding hydrogens is 228 g/mol. The molecule has 0 aliphatic carbocycles. The van der Waals surface area contributed by atoms with Gasteiger partial charge in [-0.2, -0.15) is 8.42 Å². The van der Waals surface area contributed by atoms with Gasteiger partial charge in [0, 0.05) is 19.0 Å². The number of aliphatic hydroxyl groups is 2. The van der Waals surface area contributed by atoms with Crippen molar-refractivity contribution in [3.05, 3.63) is 0 Å². The van der Waals surface area contributed by atoms with Crippen molar-refractivity contribution in [2.24, 2.45) is 11.5 Å². The zero-order valence-corrected chi connectivity index (χ0v) is 8.80. The average Bonchev–Trinajstić information content (AvgIpc) is 2.12. The lowest BCUT2D eigenvalue weighted by atomic mass is 10.1. The van der Waals surface area contributed by atoms with Crippen molar-refractivity contribution in [2.45, 2.75) is 24.7 Å². The van der Waals surface area contributed by atoms with Gasteiger partial charge in [0.1, 0.15) is 0 Å². The third-order valence-corrected chi connectivity index (χ3v) is 2.12. The molecule has 0 aromatic heterocycles. The predicted molar refractivity (Wildman–Crippen MR) is 51.2 cm³/mol. The first-order valence-corrected chi connectivity index (χ1v) is 5.56. The normalized spacial score (nSPS) is 18.5. The van der Waals surface area contributed by atoms with Gasteiger partial charge in [-0.25, -0.2) is 4.18 Å². The fraction of sp³-hybridized carbons (Fsp3) is 1.00. The van der Waals surface area contributed by atoms with Crippen molar-refractivity contribution in [3.63, 3.8) is 0 Å². The number of nitrogens with two attached hydrogens (primary N) is 2. The van der Waals surface area contributed by atoms with Gasteiger partial charge in [-0.3, -0.25) is 4.55 Å². The molecule has 15 heavy (non-hydrogen) atoms. The summed E-state index contributed by atoms with van der Waals surface area (Å²) in [5.41, 5.74) is 10.5. The van der Waals surface area contributed by atoms with Gasteiger partial charge in [0.2, 0.25) is 0 Å². The molecule has 3 unspecified atom stereocenters. The summed E-state index contributed by atoms with van der Waals surface area (Å²) in [6.45, 7) is -0.611. The van der Waals surface area contributed by atoms with Gasteiger partial charge in [-0.05, 0) is 0 Å². The molecule has 0 saturated carbocycles. The molecule has 0 aromatic rings. The highest BCUT2D eigenvalue weighted by molar-refractivity contribution is 7.80. The first-order chi connectivity index (χ1) is 6.76. The van der Waals surface area contributed by atoms with Gasteiger partial charge in [0.05, 0.1) is 18.8 Å². The van der Waals surface area contributed by atoms with Crippen molar-refractivity contribution >= 4 is 10.4 Å². The van der Waals surface area contributed by atoms with Crippen molar-refractivity contribution in [1.29, 1.82) is 0 Å². The second kappa shape index (κ2) is 6.33. The van der Waals surface area contributed by atoms with Crippen molar-refractivity contribution < 1.29 is 27.4 Å². The van der Waals surface area contributed by atoms with Gasteiger partial charge in [-0.15, -0.1) is 0 Å². The molecule has 0 aromatic carbocycles. The van der Waals surface area contributed by atoms with E-state index in [9.17, 15) is 18.6 Å². The smallest absolute Gasteiger partial charge is 0.391 e. The summed E-state index contributed by atoms with van der Waals surface area (Å²) in [5.74, 6) is 0. The van der Waals surface area contributed by atoms with Crippen LogP contribution in [0.25, 0.3) is 0 Å². The van der Waals surface area contributed by atoms with Crippen molar-refractivity contribution in [2.75, 3.05) is 13.2 Å². The van der Waals surface area contributed by atoms with Gasteiger partial charge >= 0.3 is 10.4 Å². The Kier molecular flexibility index (Phi) is 6.20. The minimum absolute atomic E-state index is 0.0348. The Morgan fingerprint density at radius 2 is 1.87 bits per heavy atom. The maximum atomic E-state index is 10.1. The highest BCUT2D eigenvalue weighted by atomic mass is 32.3. The van der Waals surface area contributed by atoms with Crippen LogP contribution in [-0.2, 0) is 14.6 Å². The fourth-order valence-corrected chi connectivity index (χ4v) is 1.17. The molecule has 0 fully saturated rings. The first-order valence-electron chi connectivity index (χ1n) is 4.20. The van der Waals surface area contributed by atoms with Crippen LogP contribution in [0.2, 0.25) is 0 Å². The van der Waals surface area contributed by atoms with Crippen LogP contribution in [0.15, 0.2) is 0 Å². The molecule has 9 heteroatoms. The van der Waals surface area contributed by atoms with Gasteiger partial charge < -0.3 is 21.7 Å². The van der Waals surface area contributed by atoms with E-state index in [-0.39, 0.29) is 13.0 Å². The molecule has 0 bridgehead atoms. The molecule has 92 valence electrons. The van der Waals surface area contributed by atoms with E-state index in [1.54, 1.807) is 0 Å². The summed E-state index contributed by atoms with van der Waals surface area (Å²) in [6, 6.07) is -0.703. The van der Waals surface area contributed by atoms with Gasteiger partial charge in [0.15, 0.2) is 0 Å². The molecule has 0 rings (SSSR count). The van der Waals surface area contributed by atoms with Crippen LogP contribution < -0.4 is 11.5 Å². The Morgan fingerprint density at radius 1 is 1.33 bits per heavy atom. The van der Waals surface area contributed by atoms with Gasteiger partial charge in [-0.1, -0.05) is 0 Å². The van der Waals surface area contributed by atoms with E-state index in [4.69, 9.17) is 16.0 Å². The molecule has 0 heterocycles. The SMILES string of the molecule is NCC(N)C(O)CC(O)COS(=O)(=O)O. The summed E-state index contributed by atoms with van der Waals surface area (Å²) < 4.78 is 32.3. The molecule has 0 spiro atoms. The van der Waals surface area contributed by atoms with Crippen LogP contribution in [0.4, 0.5) is 0 Å². The molecule has 0 amide bonds. The monoisotopic (exact) mass is 244 g/mol. The topological polar surface area (TPSA) is 156 Å². The van der Waals surface area contributed by atoms with Crippen molar-refractivity contribution in [3.8, 4) is 0 Å². The standard InChI is InChI=1S/C6H16N2O6S/c7-2-5(8)6(10)1-4(9)3-14-15(11,12)13/h4-6,9-10H,1-3,7-8H2,(H,11,12,13). The fourth-order valence-electron chi connectivity index (χ4n) is 0.843. The Labute approximate surface area is 87.8 Å². The molecule has 0 aliphatic heterocycles. The zero-order chi connectivity index (χ0) is 12.1. The van der Waals surface area contributed by atoms with E-state index in [1.807, 2.05) is 0 Å². The molecule has 0 radical (unpaired) electrons. The Bertz CT molecular complexity index is 269. The molecular formula is C6H16N2O6S. The average molecular weight is 244 g/mol. The summed E-state index contributed by atoms with van der Waals surface area (Å²) in [5, 5.41) is 18.5. The molecule has 3 atom stereocenters. The van der Waals surface area contributed by atoms with E-state index in [0.717, 1.165) is 0 Å². The van der Waals surface area contributed by atoms with Crippen LogP contribution >= 0.6 is 0 Å². The summed E-state index contributed by atoms with van der Waals surface area (Å²) in [7, 11) is -4.58. The van der Waals surface area contributed by atoms with E-state index >= 15 is 0 Å². The lowest BCUT2D eigenvalue weighted by molar-refractivity contribution is 0.0384. The molecule has 0 saturated heterocycles. The van der Waals surface area contributed by atoms with E-state index < -0.39 is 35.3 Å². The van der Waals surface area contributed by atoms with Crippen LogP contribution in [0, 0.1) is 0 Å². The highest BCUT2D eigenvalue weighted by Gasteiger charge is 2.19. The van der Waals surface area contributed by atoms with Crippen molar-refractivity contribution in [1.82, 2.24) is 0 Å². The highest BCUT2D eigenvalue weighted by Crippen LogP contribution is 2.03. The Morgan fingerprint density at radius 3 is 2.27 bits per heavy atom. The lowest BCUT2D eigenvalue weighted by Gasteiger charge is -2.19. The number of rotatable bonds is 7. The first kappa shape index (κ1) is 14.7. The maximum Gasteiger partial charge on any atom is 0.397 e. The Balaban J connectivity index is 3.88. The van der Waals surface area contributed by atoms with Crippen LogP contribution in [0.1, 0.15) is 6.42 Å². The number of hydrogen-bond donors (Lipinski definition) is 5. The second-order valence-corrected chi connectivity index (χ2v) is 4.16. The third kappa shape index (κ3) is 7.62. The lowest BCUT2D eigenvalue weighted by Crippen LogP contribution is -2.43. The number of aliphatic hydroxyl groups excluding tert-OH is 2.